The highest BCUT2D eigenvalue weighted by Gasteiger charge is 2.20. The standard InChI is InChI=1S/C8H7F3N2O/c1-3-5(9)2-4(7(10)11)6(13-3)8(12)14/h2,7H,1H3,(H2,12,14). The summed E-state index contributed by atoms with van der Waals surface area (Å²) in [5.41, 5.74) is 3.32. The summed E-state index contributed by atoms with van der Waals surface area (Å²) in [5, 5.41) is 0. The third-order valence-corrected chi connectivity index (χ3v) is 1.65. The first kappa shape index (κ1) is 10.5. The molecule has 1 amide bonds. The van der Waals surface area contributed by atoms with Crippen LogP contribution in [0.3, 0.4) is 0 Å². The Morgan fingerprint density at radius 1 is 1.57 bits per heavy atom. The molecule has 14 heavy (non-hydrogen) atoms. The topological polar surface area (TPSA) is 56.0 Å². The fourth-order valence-electron chi connectivity index (χ4n) is 0.959. The van der Waals surface area contributed by atoms with Gasteiger partial charge >= 0.3 is 0 Å². The Kier molecular flexibility index (Phi) is 2.73. The van der Waals surface area contributed by atoms with Crippen LogP contribution >= 0.6 is 0 Å². The maximum Gasteiger partial charge on any atom is 0.267 e. The molecule has 2 N–H and O–H groups in total. The molecule has 0 spiro atoms. The summed E-state index contributed by atoms with van der Waals surface area (Å²) in [4.78, 5) is 14.1. The monoisotopic (exact) mass is 204 g/mol. The summed E-state index contributed by atoms with van der Waals surface area (Å²) in [6, 6.07) is 0.576. The second-order valence-electron chi connectivity index (χ2n) is 2.66. The number of alkyl halides is 2. The number of primary amides is 1. The van der Waals surface area contributed by atoms with Gasteiger partial charge in [-0.15, -0.1) is 0 Å². The van der Waals surface area contributed by atoms with E-state index in [9.17, 15) is 18.0 Å². The van der Waals surface area contributed by atoms with Gasteiger partial charge in [-0.05, 0) is 13.0 Å². The van der Waals surface area contributed by atoms with Crippen LogP contribution in [0, 0.1) is 12.7 Å². The number of hydrogen-bond donors (Lipinski definition) is 1. The number of aromatic nitrogens is 1. The zero-order valence-corrected chi connectivity index (χ0v) is 7.22. The lowest BCUT2D eigenvalue weighted by Crippen LogP contribution is -2.17. The third-order valence-electron chi connectivity index (χ3n) is 1.65. The van der Waals surface area contributed by atoms with Crippen LogP contribution in [0.5, 0.6) is 0 Å². The molecular formula is C8H7F3N2O. The minimum Gasteiger partial charge on any atom is -0.364 e. The summed E-state index contributed by atoms with van der Waals surface area (Å²) < 4.78 is 37.4. The molecule has 0 unspecified atom stereocenters. The summed E-state index contributed by atoms with van der Waals surface area (Å²) in [5.74, 6) is -1.98. The van der Waals surface area contributed by atoms with Gasteiger partial charge in [-0.2, -0.15) is 0 Å². The Labute approximate surface area is 77.7 Å². The molecule has 1 aromatic rings. The van der Waals surface area contributed by atoms with Crippen molar-refractivity contribution in [1.29, 1.82) is 0 Å². The number of rotatable bonds is 2. The van der Waals surface area contributed by atoms with Crippen molar-refractivity contribution in [2.45, 2.75) is 13.3 Å². The molecule has 0 aliphatic carbocycles. The molecule has 0 fully saturated rings. The molecule has 1 rings (SSSR count). The zero-order chi connectivity index (χ0) is 10.9. The van der Waals surface area contributed by atoms with Gasteiger partial charge < -0.3 is 5.73 Å². The van der Waals surface area contributed by atoms with Crippen LogP contribution in [0.2, 0.25) is 0 Å². The summed E-state index contributed by atoms with van der Waals surface area (Å²) >= 11 is 0. The predicted octanol–water partition coefficient (Wildman–Crippen LogP) is 1.57. The predicted molar refractivity (Wildman–Crippen MR) is 42.4 cm³/mol. The average molecular weight is 204 g/mol. The van der Waals surface area contributed by atoms with E-state index in [1.165, 1.54) is 6.92 Å². The number of pyridine rings is 1. The van der Waals surface area contributed by atoms with Gasteiger partial charge in [0.15, 0.2) is 0 Å². The lowest BCUT2D eigenvalue weighted by atomic mass is 10.1. The minimum absolute atomic E-state index is 0.136. The molecule has 3 nitrogen and oxygen atoms in total. The van der Waals surface area contributed by atoms with E-state index in [0.717, 1.165) is 0 Å². The van der Waals surface area contributed by atoms with Crippen molar-refractivity contribution in [3.63, 3.8) is 0 Å². The van der Waals surface area contributed by atoms with Gasteiger partial charge in [0, 0.05) is 0 Å². The van der Waals surface area contributed by atoms with Gasteiger partial charge in [0.2, 0.25) is 0 Å². The van der Waals surface area contributed by atoms with E-state index in [0.29, 0.717) is 6.07 Å². The number of halogens is 3. The molecule has 0 aliphatic rings. The Morgan fingerprint density at radius 2 is 2.14 bits per heavy atom. The quantitative estimate of drug-likeness (QED) is 0.794. The maximum atomic E-state index is 12.8. The van der Waals surface area contributed by atoms with E-state index in [2.05, 4.69) is 4.98 Å². The van der Waals surface area contributed by atoms with Gasteiger partial charge in [0.1, 0.15) is 11.5 Å². The molecule has 0 radical (unpaired) electrons. The van der Waals surface area contributed by atoms with E-state index in [1.54, 1.807) is 0 Å². The van der Waals surface area contributed by atoms with Crippen molar-refractivity contribution in [1.82, 2.24) is 4.98 Å². The van der Waals surface area contributed by atoms with E-state index < -0.39 is 29.4 Å². The van der Waals surface area contributed by atoms with Crippen LogP contribution in [0.1, 0.15) is 28.2 Å². The van der Waals surface area contributed by atoms with Crippen molar-refractivity contribution >= 4 is 5.91 Å². The van der Waals surface area contributed by atoms with Gasteiger partial charge in [0.05, 0.1) is 11.3 Å². The number of hydrogen-bond acceptors (Lipinski definition) is 2. The lowest BCUT2D eigenvalue weighted by Gasteiger charge is -2.06. The lowest BCUT2D eigenvalue weighted by molar-refractivity contribution is 0.0979. The number of carbonyl (C=O) groups excluding carboxylic acids is 1. The first-order valence-electron chi connectivity index (χ1n) is 3.68. The highest BCUT2D eigenvalue weighted by Crippen LogP contribution is 2.23. The second-order valence-corrected chi connectivity index (χ2v) is 2.66. The second kappa shape index (κ2) is 3.65. The molecule has 0 saturated heterocycles. The average Bonchev–Trinajstić information content (AvgIpc) is 2.08. The van der Waals surface area contributed by atoms with Crippen molar-refractivity contribution < 1.29 is 18.0 Å². The van der Waals surface area contributed by atoms with Crippen molar-refractivity contribution in [2.75, 3.05) is 0 Å². The molecule has 0 aliphatic heterocycles. The molecule has 0 aromatic carbocycles. The fourth-order valence-corrected chi connectivity index (χ4v) is 0.959. The zero-order valence-electron chi connectivity index (χ0n) is 7.22. The molecule has 76 valence electrons. The third kappa shape index (κ3) is 1.84. The normalized spacial score (nSPS) is 10.6. The van der Waals surface area contributed by atoms with Crippen LogP contribution in [-0.2, 0) is 0 Å². The van der Waals surface area contributed by atoms with E-state index in [-0.39, 0.29) is 5.69 Å². The number of nitrogens with two attached hydrogens (primary N) is 1. The van der Waals surface area contributed by atoms with Gasteiger partial charge in [-0.25, -0.2) is 18.2 Å². The van der Waals surface area contributed by atoms with Gasteiger partial charge in [-0.3, -0.25) is 4.79 Å². The Balaban J connectivity index is 3.39. The molecule has 0 bridgehead atoms. The molecule has 0 saturated carbocycles. The number of amides is 1. The Bertz CT molecular complexity index is 379. The smallest absolute Gasteiger partial charge is 0.267 e. The minimum atomic E-state index is -2.97. The molecule has 1 heterocycles. The van der Waals surface area contributed by atoms with Crippen LogP contribution in [0.25, 0.3) is 0 Å². The highest BCUT2D eigenvalue weighted by molar-refractivity contribution is 5.92. The summed E-state index contributed by atoms with van der Waals surface area (Å²) in [6.07, 6.45) is -2.97. The molecule has 1 aromatic heterocycles. The number of nitrogens with zero attached hydrogens (tertiary/aromatic N) is 1. The summed E-state index contributed by atoms with van der Waals surface area (Å²) in [7, 11) is 0. The van der Waals surface area contributed by atoms with Crippen LogP contribution < -0.4 is 5.73 Å². The van der Waals surface area contributed by atoms with Crippen LogP contribution in [-0.4, -0.2) is 10.9 Å². The highest BCUT2D eigenvalue weighted by atomic mass is 19.3. The van der Waals surface area contributed by atoms with Crippen molar-refractivity contribution in [3.8, 4) is 0 Å². The first-order chi connectivity index (χ1) is 6.43. The van der Waals surface area contributed by atoms with Crippen LogP contribution in [0.4, 0.5) is 13.2 Å². The fraction of sp³-hybridized carbons (Fsp3) is 0.250. The first-order valence-corrected chi connectivity index (χ1v) is 3.68. The maximum absolute atomic E-state index is 12.8. The molecule has 6 heteroatoms. The molecule has 0 atom stereocenters. The van der Waals surface area contributed by atoms with Gasteiger partial charge in [0.25, 0.3) is 12.3 Å². The van der Waals surface area contributed by atoms with Crippen LogP contribution in [0.15, 0.2) is 6.07 Å². The molecular weight excluding hydrogens is 197 g/mol. The van der Waals surface area contributed by atoms with Crippen molar-refractivity contribution in [2.24, 2.45) is 5.73 Å². The van der Waals surface area contributed by atoms with E-state index in [1.807, 2.05) is 0 Å². The SMILES string of the molecule is Cc1nc(C(N)=O)c(C(F)F)cc1F. The Hall–Kier alpha value is -1.59. The van der Waals surface area contributed by atoms with E-state index in [4.69, 9.17) is 5.73 Å². The summed E-state index contributed by atoms with van der Waals surface area (Å²) in [6.45, 7) is 1.26. The Morgan fingerprint density at radius 3 is 2.57 bits per heavy atom. The number of aryl methyl sites for hydroxylation is 1. The largest absolute Gasteiger partial charge is 0.364 e. The van der Waals surface area contributed by atoms with Gasteiger partial charge in [-0.1, -0.05) is 0 Å². The number of carbonyl (C=O) groups is 1. The van der Waals surface area contributed by atoms with Crippen molar-refractivity contribution in [3.05, 3.63) is 28.8 Å². The van der Waals surface area contributed by atoms with E-state index >= 15 is 0 Å².